The Balaban J connectivity index is 1.74. The van der Waals surface area contributed by atoms with Crippen LogP contribution in [0.15, 0.2) is 63.9 Å². The van der Waals surface area contributed by atoms with Crippen LogP contribution in [0.2, 0.25) is 5.02 Å². The highest BCUT2D eigenvalue weighted by Gasteiger charge is 2.17. The fraction of sp³-hybridized carbons (Fsp3) is 0.0526. The molecule has 8 heteroatoms. The second-order valence-corrected chi connectivity index (χ2v) is 7.96. The van der Waals surface area contributed by atoms with Crippen LogP contribution < -0.4 is 11.4 Å². The Labute approximate surface area is 167 Å². The lowest BCUT2D eigenvalue weighted by Gasteiger charge is -2.09. The zero-order chi connectivity index (χ0) is 19.0. The second-order valence-electron chi connectivity index (χ2n) is 5.75. The molecular formula is C19H13ClFN3OS2. The van der Waals surface area contributed by atoms with Crippen LogP contribution in [0, 0.1) is 5.82 Å². The van der Waals surface area contributed by atoms with Crippen molar-refractivity contribution in [3.05, 3.63) is 80.7 Å². The lowest BCUT2D eigenvalue weighted by Crippen LogP contribution is -2.29. The molecule has 0 aliphatic rings. The number of hydrogen-bond donors (Lipinski definition) is 1. The van der Waals surface area contributed by atoms with E-state index in [-0.39, 0.29) is 11.3 Å². The SMILES string of the molecule is Nn1c(SCc2c(F)cccc2Cl)nc2scc(-c3ccccc3)c2c1=O. The Morgan fingerprint density at radius 1 is 1.19 bits per heavy atom. The van der Waals surface area contributed by atoms with Gasteiger partial charge in [0.1, 0.15) is 10.6 Å². The van der Waals surface area contributed by atoms with Gasteiger partial charge < -0.3 is 5.84 Å². The fourth-order valence-electron chi connectivity index (χ4n) is 2.72. The predicted molar refractivity (Wildman–Crippen MR) is 110 cm³/mol. The number of halogens is 2. The quantitative estimate of drug-likeness (QED) is 0.291. The van der Waals surface area contributed by atoms with Crippen molar-refractivity contribution in [2.45, 2.75) is 10.9 Å². The Morgan fingerprint density at radius 3 is 2.70 bits per heavy atom. The Morgan fingerprint density at radius 2 is 1.96 bits per heavy atom. The number of thioether (sulfide) groups is 1. The summed E-state index contributed by atoms with van der Waals surface area (Å²) in [5, 5.41) is 3.03. The fourth-order valence-corrected chi connectivity index (χ4v) is 4.97. The summed E-state index contributed by atoms with van der Waals surface area (Å²) in [7, 11) is 0. The molecule has 2 aromatic carbocycles. The van der Waals surface area contributed by atoms with Gasteiger partial charge >= 0.3 is 0 Å². The minimum atomic E-state index is -0.399. The van der Waals surface area contributed by atoms with E-state index in [2.05, 4.69) is 4.98 Å². The number of benzene rings is 2. The summed E-state index contributed by atoms with van der Waals surface area (Å²) in [6.07, 6.45) is 0. The van der Waals surface area contributed by atoms with Gasteiger partial charge in [0.05, 0.1) is 5.39 Å². The maximum atomic E-state index is 14.0. The lowest BCUT2D eigenvalue weighted by molar-refractivity contribution is 0.617. The summed E-state index contributed by atoms with van der Waals surface area (Å²) in [5.74, 6) is 5.82. The number of fused-ring (bicyclic) bond motifs is 1. The molecule has 2 N–H and O–H groups in total. The first-order chi connectivity index (χ1) is 13.1. The largest absolute Gasteiger partial charge is 0.334 e. The lowest BCUT2D eigenvalue weighted by atomic mass is 10.1. The third-order valence-electron chi connectivity index (χ3n) is 4.10. The van der Waals surface area contributed by atoms with Crippen LogP contribution in [0.25, 0.3) is 21.3 Å². The van der Waals surface area contributed by atoms with Gasteiger partial charge in [0.25, 0.3) is 5.56 Å². The van der Waals surface area contributed by atoms with E-state index in [0.29, 0.717) is 26.0 Å². The number of nitrogens with zero attached hydrogens (tertiary/aromatic N) is 2. The molecule has 136 valence electrons. The van der Waals surface area contributed by atoms with E-state index < -0.39 is 5.82 Å². The van der Waals surface area contributed by atoms with E-state index in [1.807, 2.05) is 35.7 Å². The Hall–Kier alpha value is -2.35. The number of nitrogens with two attached hydrogens (primary N) is 1. The molecule has 4 nitrogen and oxygen atoms in total. The summed E-state index contributed by atoms with van der Waals surface area (Å²) >= 11 is 8.61. The normalized spacial score (nSPS) is 11.2. The zero-order valence-electron chi connectivity index (χ0n) is 13.9. The molecule has 0 aliphatic heterocycles. The molecule has 4 rings (SSSR count). The van der Waals surface area contributed by atoms with Gasteiger partial charge in [0.15, 0.2) is 5.16 Å². The summed E-state index contributed by atoms with van der Waals surface area (Å²) in [6.45, 7) is 0. The van der Waals surface area contributed by atoms with E-state index in [4.69, 9.17) is 17.4 Å². The van der Waals surface area contributed by atoms with Crippen LogP contribution in [0.4, 0.5) is 4.39 Å². The monoisotopic (exact) mass is 417 g/mol. The maximum absolute atomic E-state index is 14.0. The maximum Gasteiger partial charge on any atom is 0.282 e. The minimum absolute atomic E-state index is 0.220. The highest BCUT2D eigenvalue weighted by Crippen LogP contribution is 2.33. The van der Waals surface area contributed by atoms with Gasteiger partial charge in [-0.2, -0.15) is 0 Å². The van der Waals surface area contributed by atoms with Crippen LogP contribution in [0.5, 0.6) is 0 Å². The summed E-state index contributed by atoms with van der Waals surface area (Å²) in [4.78, 5) is 18.0. The van der Waals surface area contributed by atoms with Crippen molar-refractivity contribution in [2.24, 2.45) is 0 Å². The van der Waals surface area contributed by atoms with Gasteiger partial charge in [-0.25, -0.2) is 14.1 Å². The number of thiophene rings is 1. The molecule has 4 aromatic rings. The number of nitrogen functional groups attached to an aromatic ring is 1. The first-order valence-electron chi connectivity index (χ1n) is 7.96. The molecule has 0 aliphatic carbocycles. The van der Waals surface area contributed by atoms with Crippen molar-refractivity contribution in [3.63, 3.8) is 0 Å². The van der Waals surface area contributed by atoms with E-state index >= 15 is 0 Å². The molecule has 0 fully saturated rings. The van der Waals surface area contributed by atoms with Crippen molar-refractivity contribution in [1.29, 1.82) is 0 Å². The van der Waals surface area contributed by atoms with Crippen molar-refractivity contribution in [3.8, 4) is 11.1 Å². The highest BCUT2D eigenvalue weighted by atomic mass is 35.5. The van der Waals surface area contributed by atoms with Crippen molar-refractivity contribution < 1.29 is 4.39 Å². The van der Waals surface area contributed by atoms with Gasteiger partial charge in [-0.1, -0.05) is 59.8 Å². The first kappa shape index (κ1) is 18.0. The summed E-state index contributed by atoms with van der Waals surface area (Å²) < 4.78 is 15.0. The third kappa shape index (κ3) is 3.34. The Bertz CT molecular complexity index is 1170. The van der Waals surface area contributed by atoms with Gasteiger partial charge in [0.2, 0.25) is 0 Å². The van der Waals surface area contributed by atoms with Gasteiger partial charge in [-0.05, 0) is 17.7 Å². The molecule has 0 amide bonds. The van der Waals surface area contributed by atoms with Gasteiger partial charge in [-0.3, -0.25) is 4.79 Å². The van der Waals surface area contributed by atoms with Crippen molar-refractivity contribution >= 4 is 44.9 Å². The van der Waals surface area contributed by atoms with Crippen LogP contribution in [-0.2, 0) is 5.75 Å². The predicted octanol–water partition coefficient (Wildman–Crippen LogP) is 4.92. The zero-order valence-corrected chi connectivity index (χ0v) is 16.2. The Kier molecular flexibility index (Phi) is 4.90. The topological polar surface area (TPSA) is 60.9 Å². The molecule has 0 saturated heterocycles. The summed E-state index contributed by atoms with van der Waals surface area (Å²) in [5.41, 5.74) is 1.76. The van der Waals surface area contributed by atoms with Crippen LogP contribution in [0.3, 0.4) is 0 Å². The smallest absolute Gasteiger partial charge is 0.282 e. The molecule has 2 aromatic heterocycles. The molecular weight excluding hydrogens is 405 g/mol. The van der Waals surface area contributed by atoms with E-state index in [1.165, 1.54) is 29.2 Å². The number of rotatable bonds is 4. The minimum Gasteiger partial charge on any atom is -0.334 e. The standard InChI is InChI=1S/C19H13ClFN3OS2/c20-14-7-4-8-15(21)13(14)10-27-19-23-17-16(18(25)24(19)22)12(9-26-17)11-5-2-1-3-6-11/h1-9H,10,22H2. The molecule has 0 spiro atoms. The molecule has 0 saturated carbocycles. The van der Waals surface area contributed by atoms with Crippen LogP contribution in [0.1, 0.15) is 5.56 Å². The molecule has 2 heterocycles. The van der Waals surface area contributed by atoms with Crippen molar-refractivity contribution in [2.75, 3.05) is 5.84 Å². The van der Waals surface area contributed by atoms with Crippen LogP contribution in [-0.4, -0.2) is 9.66 Å². The average molecular weight is 418 g/mol. The highest BCUT2D eigenvalue weighted by molar-refractivity contribution is 7.98. The van der Waals surface area contributed by atoms with Gasteiger partial charge in [0, 0.05) is 27.3 Å². The second kappa shape index (κ2) is 7.34. The van der Waals surface area contributed by atoms with Crippen molar-refractivity contribution in [1.82, 2.24) is 9.66 Å². The van der Waals surface area contributed by atoms with Gasteiger partial charge in [-0.15, -0.1) is 11.3 Å². The number of hydrogen-bond acceptors (Lipinski definition) is 5. The number of aromatic nitrogens is 2. The van der Waals surface area contributed by atoms with E-state index in [1.54, 1.807) is 12.1 Å². The first-order valence-corrected chi connectivity index (χ1v) is 10.2. The third-order valence-corrected chi connectivity index (χ3v) is 6.31. The molecule has 0 radical (unpaired) electrons. The summed E-state index contributed by atoms with van der Waals surface area (Å²) in [6, 6.07) is 14.1. The van der Waals surface area contributed by atoms with E-state index in [9.17, 15) is 9.18 Å². The average Bonchev–Trinajstić information content (AvgIpc) is 3.10. The molecule has 27 heavy (non-hydrogen) atoms. The van der Waals surface area contributed by atoms with Crippen LogP contribution >= 0.6 is 34.7 Å². The van der Waals surface area contributed by atoms with E-state index in [0.717, 1.165) is 15.8 Å². The molecule has 0 bridgehead atoms. The molecule has 0 unspecified atom stereocenters. The molecule has 0 atom stereocenters.